The normalized spacial score (nSPS) is 20.1. The Balaban J connectivity index is 1.22. The van der Waals surface area contributed by atoms with Crippen LogP contribution < -0.4 is 5.32 Å². The Bertz CT molecular complexity index is 1280. The van der Waals surface area contributed by atoms with Crippen molar-refractivity contribution in [3.05, 3.63) is 95.6 Å². The highest BCUT2D eigenvalue weighted by Gasteiger charge is 2.41. The van der Waals surface area contributed by atoms with E-state index < -0.39 is 23.8 Å². The number of nitrogens with one attached hydrogen (secondary N) is 1. The quantitative estimate of drug-likeness (QED) is 0.551. The number of aliphatic hydroxyl groups is 1. The number of carbonyl (C=O) groups excluding carboxylic acids is 2. The van der Waals surface area contributed by atoms with Crippen LogP contribution in [-0.4, -0.2) is 71.1 Å². The molecule has 0 bridgehead atoms. The Morgan fingerprint density at radius 2 is 1.41 bits per heavy atom. The summed E-state index contributed by atoms with van der Waals surface area (Å²) in [7, 11) is 0. The third-order valence-corrected chi connectivity index (χ3v) is 6.88. The molecule has 2 atom stereocenters. The number of β-amino-alcohol motifs (C(OH)–C–C–N with tert-alkyl or cyclic N) is 1. The second-order valence-electron chi connectivity index (χ2n) is 9.45. The van der Waals surface area contributed by atoms with E-state index in [1.165, 1.54) is 17.0 Å². The van der Waals surface area contributed by atoms with E-state index in [2.05, 4.69) is 5.32 Å². The third kappa shape index (κ3) is 5.23. The van der Waals surface area contributed by atoms with Crippen LogP contribution in [0.1, 0.15) is 26.3 Å². The van der Waals surface area contributed by atoms with Crippen LogP contribution in [0.2, 0.25) is 0 Å². The summed E-state index contributed by atoms with van der Waals surface area (Å²) >= 11 is 0. The molecule has 2 fully saturated rings. The standard InChI is InChI=1S/C28H26F3N3O3/c29-28(30,31)23-13-20(18-7-3-1-4-8-18)11-12-22(23)27(37)33-14-21(15-33)32-24-16-34(17-25(24)35)26(36)19-9-5-2-6-10-19/h1-13,21,24-25,32,35H,14-17H2/t24-,25-/m0/s1. The molecule has 37 heavy (non-hydrogen) atoms. The van der Waals surface area contributed by atoms with Crippen molar-refractivity contribution in [2.75, 3.05) is 26.2 Å². The number of alkyl halides is 3. The van der Waals surface area contributed by atoms with Gasteiger partial charge in [0.1, 0.15) is 0 Å². The first-order valence-electron chi connectivity index (χ1n) is 12.0. The smallest absolute Gasteiger partial charge is 0.390 e. The van der Waals surface area contributed by atoms with Gasteiger partial charge in [0.05, 0.1) is 23.3 Å². The van der Waals surface area contributed by atoms with Crippen LogP contribution in [0.5, 0.6) is 0 Å². The molecule has 2 aliphatic heterocycles. The van der Waals surface area contributed by atoms with E-state index in [-0.39, 0.29) is 43.2 Å². The van der Waals surface area contributed by atoms with Gasteiger partial charge in [-0.15, -0.1) is 0 Å². The van der Waals surface area contributed by atoms with E-state index in [0.717, 1.165) is 6.07 Å². The van der Waals surface area contributed by atoms with Gasteiger partial charge in [-0.05, 0) is 35.4 Å². The zero-order valence-corrected chi connectivity index (χ0v) is 19.9. The monoisotopic (exact) mass is 509 g/mol. The fourth-order valence-electron chi connectivity index (χ4n) is 4.88. The van der Waals surface area contributed by atoms with Gasteiger partial charge in [-0.2, -0.15) is 13.2 Å². The minimum Gasteiger partial charge on any atom is -0.390 e. The molecule has 2 saturated heterocycles. The van der Waals surface area contributed by atoms with Gasteiger partial charge in [-0.3, -0.25) is 9.59 Å². The van der Waals surface area contributed by atoms with Crippen molar-refractivity contribution in [2.24, 2.45) is 0 Å². The van der Waals surface area contributed by atoms with E-state index >= 15 is 0 Å². The first-order chi connectivity index (χ1) is 17.7. The van der Waals surface area contributed by atoms with E-state index in [0.29, 0.717) is 23.2 Å². The number of likely N-dealkylation sites (tertiary alicyclic amines) is 2. The summed E-state index contributed by atoms with van der Waals surface area (Å²) in [6, 6.07) is 20.7. The Labute approximate surface area is 212 Å². The zero-order chi connectivity index (χ0) is 26.2. The maximum absolute atomic E-state index is 13.9. The number of carbonyl (C=O) groups is 2. The Hall–Kier alpha value is -3.69. The van der Waals surface area contributed by atoms with Gasteiger partial charge in [-0.25, -0.2) is 0 Å². The predicted molar refractivity (Wildman–Crippen MR) is 132 cm³/mol. The SMILES string of the molecule is O=C(c1ccccc1)N1C[C@H](NC2CN(C(=O)c3ccc(-c4ccccc4)cc3C(F)(F)F)C2)[C@@H](O)C1. The Kier molecular flexibility index (Phi) is 6.74. The van der Waals surface area contributed by atoms with E-state index in [1.54, 1.807) is 59.5 Å². The largest absolute Gasteiger partial charge is 0.417 e. The third-order valence-electron chi connectivity index (χ3n) is 6.88. The van der Waals surface area contributed by atoms with Crippen molar-refractivity contribution >= 4 is 11.8 Å². The fraction of sp³-hybridized carbons (Fsp3) is 0.286. The van der Waals surface area contributed by atoms with Crippen molar-refractivity contribution in [3.8, 4) is 11.1 Å². The van der Waals surface area contributed by atoms with Crippen molar-refractivity contribution in [1.82, 2.24) is 15.1 Å². The van der Waals surface area contributed by atoms with Crippen LogP contribution in [0, 0.1) is 0 Å². The number of halogens is 3. The van der Waals surface area contributed by atoms with Crippen molar-refractivity contribution < 1.29 is 27.9 Å². The highest BCUT2D eigenvalue weighted by Crippen LogP contribution is 2.36. The summed E-state index contributed by atoms with van der Waals surface area (Å²) in [6.45, 7) is 0.917. The topological polar surface area (TPSA) is 72.9 Å². The molecule has 2 heterocycles. The number of nitrogens with zero attached hydrogens (tertiary/aromatic N) is 2. The van der Waals surface area contributed by atoms with Crippen molar-refractivity contribution in [2.45, 2.75) is 24.4 Å². The molecule has 2 amide bonds. The molecule has 0 unspecified atom stereocenters. The highest BCUT2D eigenvalue weighted by molar-refractivity contribution is 5.97. The van der Waals surface area contributed by atoms with Gasteiger partial charge in [0.15, 0.2) is 0 Å². The number of aliphatic hydroxyl groups excluding tert-OH is 1. The molecule has 2 aliphatic rings. The average Bonchev–Trinajstić information content (AvgIpc) is 3.25. The zero-order valence-electron chi connectivity index (χ0n) is 19.9. The van der Waals surface area contributed by atoms with E-state index in [9.17, 15) is 27.9 Å². The first kappa shape index (κ1) is 25.0. The molecular weight excluding hydrogens is 483 g/mol. The predicted octanol–water partition coefficient (Wildman–Crippen LogP) is 3.67. The maximum atomic E-state index is 13.9. The van der Waals surface area contributed by atoms with E-state index in [4.69, 9.17) is 0 Å². The van der Waals surface area contributed by atoms with Gasteiger partial charge in [0.2, 0.25) is 0 Å². The molecule has 6 nitrogen and oxygen atoms in total. The van der Waals surface area contributed by atoms with Crippen LogP contribution in [-0.2, 0) is 6.18 Å². The molecule has 192 valence electrons. The molecule has 0 radical (unpaired) electrons. The second-order valence-corrected chi connectivity index (χ2v) is 9.45. The maximum Gasteiger partial charge on any atom is 0.417 e. The summed E-state index contributed by atoms with van der Waals surface area (Å²) in [5, 5.41) is 13.7. The van der Waals surface area contributed by atoms with Gasteiger partial charge < -0.3 is 20.2 Å². The number of hydrogen-bond acceptors (Lipinski definition) is 4. The van der Waals surface area contributed by atoms with Crippen molar-refractivity contribution in [3.63, 3.8) is 0 Å². The molecule has 2 N–H and O–H groups in total. The lowest BCUT2D eigenvalue weighted by Gasteiger charge is -2.41. The molecule has 3 aromatic rings. The van der Waals surface area contributed by atoms with Crippen molar-refractivity contribution in [1.29, 1.82) is 0 Å². The number of amides is 2. The molecule has 0 aromatic heterocycles. The van der Waals surface area contributed by atoms with Gasteiger partial charge in [0, 0.05) is 37.8 Å². The van der Waals surface area contributed by atoms with Crippen LogP contribution >= 0.6 is 0 Å². The molecule has 0 saturated carbocycles. The summed E-state index contributed by atoms with van der Waals surface area (Å²) in [5.74, 6) is -0.856. The van der Waals surface area contributed by atoms with Gasteiger partial charge in [-0.1, -0.05) is 54.6 Å². The Morgan fingerprint density at radius 3 is 2.05 bits per heavy atom. The second kappa shape index (κ2) is 9.99. The molecule has 3 aromatic carbocycles. The minimum absolute atomic E-state index is 0.173. The minimum atomic E-state index is -4.68. The van der Waals surface area contributed by atoms with E-state index in [1.807, 2.05) is 6.07 Å². The summed E-state index contributed by atoms with van der Waals surface area (Å²) in [6.07, 6.45) is -5.46. The van der Waals surface area contributed by atoms with Crippen LogP contribution in [0.25, 0.3) is 11.1 Å². The van der Waals surface area contributed by atoms with Crippen LogP contribution in [0.15, 0.2) is 78.9 Å². The first-order valence-corrected chi connectivity index (χ1v) is 12.0. The molecule has 0 spiro atoms. The lowest BCUT2D eigenvalue weighted by molar-refractivity contribution is -0.138. The number of benzene rings is 3. The molecule has 5 rings (SSSR count). The summed E-state index contributed by atoms with van der Waals surface area (Å²) < 4.78 is 41.6. The van der Waals surface area contributed by atoms with Gasteiger partial charge in [0.25, 0.3) is 11.8 Å². The van der Waals surface area contributed by atoms with Crippen LogP contribution in [0.3, 0.4) is 0 Å². The number of rotatable bonds is 5. The van der Waals surface area contributed by atoms with Crippen LogP contribution in [0.4, 0.5) is 13.2 Å². The molecular formula is C28H26F3N3O3. The fourth-order valence-corrected chi connectivity index (χ4v) is 4.88. The lowest BCUT2D eigenvalue weighted by atomic mass is 9.96. The highest BCUT2D eigenvalue weighted by atomic mass is 19.4. The summed E-state index contributed by atoms with van der Waals surface area (Å²) in [4.78, 5) is 28.6. The molecule has 0 aliphatic carbocycles. The Morgan fingerprint density at radius 1 is 0.784 bits per heavy atom. The average molecular weight is 510 g/mol. The summed E-state index contributed by atoms with van der Waals surface area (Å²) in [5.41, 5.74) is 0.213. The molecule has 9 heteroatoms. The van der Waals surface area contributed by atoms with Gasteiger partial charge >= 0.3 is 6.18 Å². The number of hydrogen-bond donors (Lipinski definition) is 2. The lowest BCUT2D eigenvalue weighted by Crippen LogP contribution is -2.63.